The first-order valence-electron chi connectivity index (χ1n) is 8.18. The van der Waals surface area contributed by atoms with Gasteiger partial charge >= 0.3 is 0 Å². The first kappa shape index (κ1) is 19.2. The Bertz CT molecular complexity index is 460. The van der Waals surface area contributed by atoms with E-state index in [1.54, 1.807) is 19.2 Å². The molecule has 0 fully saturated rings. The van der Waals surface area contributed by atoms with Crippen LogP contribution in [0.1, 0.15) is 20.8 Å². The van der Waals surface area contributed by atoms with Gasteiger partial charge in [-0.15, -0.1) is 0 Å². The second kappa shape index (κ2) is 10.8. The van der Waals surface area contributed by atoms with Crippen molar-refractivity contribution in [3.63, 3.8) is 0 Å². The average Bonchev–Trinajstić information content (AvgIpc) is 2.56. The van der Waals surface area contributed by atoms with Crippen molar-refractivity contribution in [2.75, 3.05) is 39.8 Å². The van der Waals surface area contributed by atoms with E-state index in [2.05, 4.69) is 34.4 Å². The van der Waals surface area contributed by atoms with Crippen molar-refractivity contribution < 1.29 is 9.13 Å². The SMILES string of the molecule is CCN(CC)CCNC(=NC)NCC(C)Oc1ccc(F)cc1. The molecule has 0 radical (unpaired) electrons. The van der Waals surface area contributed by atoms with Crippen LogP contribution in [0.2, 0.25) is 0 Å². The van der Waals surface area contributed by atoms with Crippen LogP contribution in [0.5, 0.6) is 5.75 Å². The van der Waals surface area contributed by atoms with Crippen LogP contribution in [0.15, 0.2) is 29.3 Å². The van der Waals surface area contributed by atoms with E-state index in [1.165, 1.54) is 12.1 Å². The Morgan fingerprint density at radius 1 is 1.22 bits per heavy atom. The highest BCUT2D eigenvalue weighted by Crippen LogP contribution is 2.12. The van der Waals surface area contributed by atoms with Gasteiger partial charge in [-0.1, -0.05) is 13.8 Å². The van der Waals surface area contributed by atoms with Crippen LogP contribution in [0.3, 0.4) is 0 Å². The van der Waals surface area contributed by atoms with Gasteiger partial charge in [0.05, 0.1) is 6.54 Å². The van der Waals surface area contributed by atoms with Crippen molar-refractivity contribution >= 4 is 5.96 Å². The monoisotopic (exact) mass is 324 g/mol. The second-order valence-corrected chi connectivity index (χ2v) is 5.29. The molecule has 0 saturated heterocycles. The lowest BCUT2D eigenvalue weighted by Crippen LogP contribution is -2.44. The topological polar surface area (TPSA) is 48.9 Å². The minimum Gasteiger partial charge on any atom is -0.489 e. The lowest BCUT2D eigenvalue weighted by Gasteiger charge is -2.20. The summed E-state index contributed by atoms with van der Waals surface area (Å²) < 4.78 is 18.6. The Balaban J connectivity index is 2.29. The predicted molar refractivity (Wildman–Crippen MR) is 93.6 cm³/mol. The smallest absolute Gasteiger partial charge is 0.191 e. The number of hydrogen-bond donors (Lipinski definition) is 2. The number of rotatable bonds is 9. The highest BCUT2D eigenvalue weighted by Gasteiger charge is 2.06. The molecular formula is C17H29FN4O. The molecule has 1 atom stereocenters. The second-order valence-electron chi connectivity index (χ2n) is 5.29. The van der Waals surface area contributed by atoms with Gasteiger partial charge < -0.3 is 20.3 Å². The van der Waals surface area contributed by atoms with Gasteiger partial charge in [-0.05, 0) is 44.3 Å². The van der Waals surface area contributed by atoms with Crippen molar-refractivity contribution in [2.24, 2.45) is 4.99 Å². The summed E-state index contributed by atoms with van der Waals surface area (Å²) in [6.07, 6.45) is -0.0539. The number of hydrogen-bond acceptors (Lipinski definition) is 3. The number of nitrogens with zero attached hydrogens (tertiary/aromatic N) is 2. The van der Waals surface area contributed by atoms with Gasteiger partial charge in [-0.3, -0.25) is 4.99 Å². The number of ether oxygens (including phenoxy) is 1. The molecular weight excluding hydrogens is 295 g/mol. The van der Waals surface area contributed by atoms with Gasteiger partial charge in [-0.25, -0.2) is 4.39 Å². The van der Waals surface area contributed by atoms with Crippen molar-refractivity contribution in [1.82, 2.24) is 15.5 Å². The first-order valence-corrected chi connectivity index (χ1v) is 8.18. The highest BCUT2D eigenvalue weighted by molar-refractivity contribution is 5.79. The van der Waals surface area contributed by atoms with E-state index in [0.29, 0.717) is 12.3 Å². The third-order valence-electron chi connectivity index (χ3n) is 3.55. The third-order valence-corrected chi connectivity index (χ3v) is 3.55. The van der Waals surface area contributed by atoms with Gasteiger partial charge in [0.1, 0.15) is 17.7 Å². The normalized spacial score (nSPS) is 13.0. The lowest BCUT2D eigenvalue weighted by atomic mass is 10.3. The zero-order valence-corrected chi connectivity index (χ0v) is 14.6. The molecule has 23 heavy (non-hydrogen) atoms. The quantitative estimate of drug-likeness (QED) is 0.539. The molecule has 1 aromatic carbocycles. The molecule has 0 amide bonds. The maximum Gasteiger partial charge on any atom is 0.191 e. The zero-order chi connectivity index (χ0) is 17.1. The van der Waals surface area contributed by atoms with Crippen LogP contribution in [0.25, 0.3) is 0 Å². The molecule has 0 bridgehead atoms. The van der Waals surface area contributed by atoms with E-state index >= 15 is 0 Å². The molecule has 0 heterocycles. The van der Waals surface area contributed by atoms with E-state index in [9.17, 15) is 4.39 Å². The summed E-state index contributed by atoms with van der Waals surface area (Å²) in [6, 6.07) is 6.04. The van der Waals surface area contributed by atoms with Crippen LogP contribution in [0.4, 0.5) is 4.39 Å². The molecule has 0 aliphatic carbocycles. The van der Waals surface area contributed by atoms with Crippen molar-refractivity contribution in [2.45, 2.75) is 26.9 Å². The summed E-state index contributed by atoms with van der Waals surface area (Å²) >= 11 is 0. The summed E-state index contributed by atoms with van der Waals surface area (Å²) in [4.78, 5) is 6.55. The Hall–Kier alpha value is -1.82. The fourth-order valence-corrected chi connectivity index (χ4v) is 2.12. The van der Waals surface area contributed by atoms with Crippen LogP contribution >= 0.6 is 0 Å². The van der Waals surface area contributed by atoms with Crippen molar-refractivity contribution in [1.29, 1.82) is 0 Å². The fraction of sp³-hybridized carbons (Fsp3) is 0.588. The van der Waals surface area contributed by atoms with Gasteiger partial charge in [-0.2, -0.15) is 0 Å². The Kier molecular flexibility index (Phi) is 9.05. The van der Waals surface area contributed by atoms with E-state index in [0.717, 1.165) is 32.1 Å². The number of benzene rings is 1. The lowest BCUT2D eigenvalue weighted by molar-refractivity contribution is 0.223. The molecule has 0 aliphatic heterocycles. The van der Waals surface area contributed by atoms with Gasteiger partial charge in [0.15, 0.2) is 5.96 Å². The largest absolute Gasteiger partial charge is 0.489 e. The minimum absolute atomic E-state index is 0.0539. The van der Waals surface area contributed by atoms with Gasteiger partial charge in [0, 0.05) is 20.1 Å². The number of halogens is 1. The van der Waals surface area contributed by atoms with Crippen LogP contribution in [0, 0.1) is 5.82 Å². The number of nitrogens with one attached hydrogen (secondary N) is 2. The summed E-state index contributed by atoms with van der Waals surface area (Å²) in [5.74, 6) is 1.15. The zero-order valence-electron chi connectivity index (χ0n) is 14.6. The molecule has 0 aromatic heterocycles. The first-order chi connectivity index (χ1) is 11.1. The maximum atomic E-state index is 12.9. The maximum absolute atomic E-state index is 12.9. The molecule has 0 spiro atoms. The number of likely N-dealkylation sites (N-methyl/N-ethyl adjacent to an activating group) is 1. The fourth-order valence-electron chi connectivity index (χ4n) is 2.12. The standard InChI is InChI=1S/C17H29FN4O/c1-5-22(6-2)12-11-20-17(19-4)21-13-14(3)23-16-9-7-15(18)8-10-16/h7-10,14H,5-6,11-13H2,1-4H3,(H2,19,20,21). The van der Waals surface area contributed by atoms with Crippen LogP contribution in [-0.4, -0.2) is 56.7 Å². The Morgan fingerprint density at radius 3 is 2.43 bits per heavy atom. The summed E-state index contributed by atoms with van der Waals surface area (Å²) in [7, 11) is 1.75. The molecule has 2 N–H and O–H groups in total. The molecule has 5 nitrogen and oxygen atoms in total. The third kappa shape index (κ3) is 7.83. The molecule has 1 unspecified atom stereocenters. The molecule has 0 saturated carbocycles. The van der Waals surface area contributed by atoms with Crippen LogP contribution < -0.4 is 15.4 Å². The predicted octanol–water partition coefficient (Wildman–Crippen LogP) is 2.10. The van der Waals surface area contributed by atoms with Gasteiger partial charge in [0.25, 0.3) is 0 Å². The molecule has 6 heteroatoms. The number of aliphatic imine (C=N–C) groups is 1. The highest BCUT2D eigenvalue weighted by atomic mass is 19.1. The molecule has 1 rings (SSSR count). The summed E-state index contributed by atoms with van der Waals surface area (Å²) in [6.45, 7) is 10.8. The van der Waals surface area contributed by atoms with E-state index in [-0.39, 0.29) is 11.9 Å². The average molecular weight is 324 g/mol. The summed E-state index contributed by atoms with van der Waals surface area (Å²) in [5, 5.41) is 6.52. The Morgan fingerprint density at radius 2 is 1.87 bits per heavy atom. The molecule has 1 aromatic rings. The minimum atomic E-state index is -0.263. The van der Waals surface area contributed by atoms with E-state index in [1.807, 2.05) is 6.92 Å². The van der Waals surface area contributed by atoms with Crippen LogP contribution in [-0.2, 0) is 0 Å². The van der Waals surface area contributed by atoms with Crippen molar-refractivity contribution in [3.05, 3.63) is 30.1 Å². The summed E-state index contributed by atoms with van der Waals surface area (Å²) in [5.41, 5.74) is 0. The Labute approximate surface area is 138 Å². The van der Waals surface area contributed by atoms with E-state index < -0.39 is 0 Å². The molecule has 130 valence electrons. The van der Waals surface area contributed by atoms with Crippen molar-refractivity contribution in [3.8, 4) is 5.75 Å². The molecule has 0 aliphatic rings. The number of guanidine groups is 1. The van der Waals surface area contributed by atoms with Gasteiger partial charge in [0.2, 0.25) is 0 Å². The van der Waals surface area contributed by atoms with E-state index in [4.69, 9.17) is 4.74 Å².